The van der Waals surface area contributed by atoms with Crippen molar-refractivity contribution in [2.45, 2.75) is 19.1 Å². The van der Waals surface area contributed by atoms with E-state index in [9.17, 15) is 9.50 Å². The van der Waals surface area contributed by atoms with Gasteiger partial charge in [0, 0.05) is 5.02 Å². The number of aliphatic hydroxyl groups excluding tert-OH is 1. The van der Waals surface area contributed by atoms with Gasteiger partial charge in [-0.25, -0.2) is 4.39 Å². The zero-order valence-electron chi connectivity index (χ0n) is 7.67. The van der Waals surface area contributed by atoms with Crippen LogP contribution in [0.1, 0.15) is 18.5 Å². The summed E-state index contributed by atoms with van der Waals surface area (Å²) in [6.07, 6.45) is -0.810. The Labute approximate surface area is 86.5 Å². The molecule has 0 spiro atoms. The fourth-order valence-electron chi connectivity index (χ4n) is 1.14. The molecule has 0 bridgehead atoms. The zero-order valence-corrected chi connectivity index (χ0v) is 8.42. The zero-order chi connectivity index (χ0) is 10.9. The number of nitrogens with two attached hydrogens (primary N) is 2. The van der Waals surface area contributed by atoms with E-state index >= 15 is 0 Å². The molecule has 0 aliphatic heterocycles. The molecule has 0 saturated heterocycles. The lowest BCUT2D eigenvalue weighted by atomic mass is 10.0. The molecule has 1 aromatic carbocycles. The van der Waals surface area contributed by atoms with Gasteiger partial charge >= 0.3 is 0 Å². The van der Waals surface area contributed by atoms with Gasteiger partial charge in [-0.1, -0.05) is 11.6 Å². The molecule has 78 valence electrons. The molecule has 14 heavy (non-hydrogen) atoms. The summed E-state index contributed by atoms with van der Waals surface area (Å²) in [7, 11) is 0. The molecule has 2 atom stereocenters. The SMILES string of the molecule is C[C@@H](O)[C@H](N)c1cc(Cl)cc(F)c1N. The van der Waals surface area contributed by atoms with Gasteiger partial charge in [0.05, 0.1) is 17.8 Å². The predicted molar refractivity (Wildman–Crippen MR) is 54.4 cm³/mol. The van der Waals surface area contributed by atoms with Crippen LogP contribution in [-0.4, -0.2) is 11.2 Å². The number of aliphatic hydroxyl groups is 1. The molecule has 0 aromatic heterocycles. The average Bonchev–Trinajstić information content (AvgIpc) is 2.09. The molecule has 5 N–H and O–H groups in total. The highest BCUT2D eigenvalue weighted by Gasteiger charge is 2.17. The van der Waals surface area contributed by atoms with Crippen LogP contribution in [0.4, 0.5) is 10.1 Å². The van der Waals surface area contributed by atoms with E-state index in [1.54, 1.807) is 0 Å². The fourth-order valence-corrected chi connectivity index (χ4v) is 1.35. The standard InChI is InChI=1S/C9H12ClFN2O/c1-4(14)8(12)6-2-5(10)3-7(11)9(6)13/h2-4,8,14H,12-13H2,1H3/t4-,8+/m1/s1. The lowest BCUT2D eigenvalue weighted by Gasteiger charge is -2.17. The average molecular weight is 219 g/mol. The predicted octanol–water partition coefficient (Wildman–Crippen LogP) is 1.44. The van der Waals surface area contributed by atoms with Crippen LogP contribution in [0.2, 0.25) is 5.02 Å². The van der Waals surface area contributed by atoms with E-state index < -0.39 is 18.0 Å². The molecule has 0 aliphatic carbocycles. The van der Waals surface area contributed by atoms with E-state index in [1.807, 2.05) is 0 Å². The van der Waals surface area contributed by atoms with Gasteiger partial charge in [-0.05, 0) is 24.6 Å². The van der Waals surface area contributed by atoms with Crippen molar-refractivity contribution in [1.29, 1.82) is 0 Å². The summed E-state index contributed by atoms with van der Waals surface area (Å²) in [4.78, 5) is 0. The largest absolute Gasteiger partial charge is 0.396 e. The lowest BCUT2D eigenvalue weighted by Crippen LogP contribution is -2.24. The minimum Gasteiger partial charge on any atom is -0.396 e. The molecule has 0 radical (unpaired) electrons. The smallest absolute Gasteiger partial charge is 0.147 e. The molecule has 0 amide bonds. The molecule has 1 aromatic rings. The van der Waals surface area contributed by atoms with Crippen molar-refractivity contribution in [3.8, 4) is 0 Å². The van der Waals surface area contributed by atoms with Crippen LogP contribution in [0, 0.1) is 5.82 Å². The Hall–Kier alpha value is -0.840. The summed E-state index contributed by atoms with van der Waals surface area (Å²) in [5.74, 6) is -0.622. The van der Waals surface area contributed by atoms with E-state index in [0.717, 1.165) is 6.07 Å². The van der Waals surface area contributed by atoms with Gasteiger partial charge in [-0.3, -0.25) is 0 Å². The molecule has 0 unspecified atom stereocenters. The highest BCUT2D eigenvalue weighted by molar-refractivity contribution is 6.30. The molecule has 5 heteroatoms. The molecular formula is C9H12ClFN2O. The van der Waals surface area contributed by atoms with Crippen molar-refractivity contribution in [2.24, 2.45) is 5.73 Å². The molecule has 0 fully saturated rings. The summed E-state index contributed by atoms with van der Waals surface area (Å²) in [5, 5.41) is 9.45. The number of hydrogen-bond acceptors (Lipinski definition) is 3. The normalized spacial score (nSPS) is 15.2. The Morgan fingerprint density at radius 3 is 2.57 bits per heavy atom. The molecule has 1 rings (SSSR count). The second-order valence-corrected chi connectivity index (χ2v) is 3.59. The summed E-state index contributed by atoms with van der Waals surface area (Å²) >= 11 is 5.64. The van der Waals surface area contributed by atoms with E-state index in [2.05, 4.69) is 0 Å². The monoisotopic (exact) mass is 218 g/mol. The van der Waals surface area contributed by atoms with Crippen LogP contribution < -0.4 is 11.5 Å². The minimum absolute atomic E-state index is 0.0669. The van der Waals surface area contributed by atoms with Gasteiger partial charge in [0.25, 0.3) is 0 Å². The van der Waals surface area contributed by atoms with Crippen LogP contribution in [0.5, 0.6) is 0 Å². The number of rotatable bonds is 2. The Morgan fingerprint density at radius 1 is 1.50 bits per heavy atom. The van der Waals surface area contributed by atoms with E-state index in [1.165, 1.54) is 13.0 Å². The maximum absolute atomic E-state index is 13.1. The maximum Gasteiger partial charge on any atom is 0.147 e. The third-order valence-electron chi connectivity index (χ3n) is 2.01. The van der Waals surface area contributed by atoms with Crippen LogP contribution in [-0.2, 0) is 0 Å². The highest BCUT2D eigenvalue weighted by Crippen LogP contribution is 2.27. The van der Waals surface area contributed by atoms with Crippen molar-refractivity contribution in [2.75, 3.05) is 5.73 Å². The molecule has 0 saturated carbocycles. The second kappa shape index (κ2) is 4.13. The van der Waals surface area contributed by atoms with E-state index in [4.69, 9.17) is 23.1 Å². The Kier molecular flexibility index (Phi) is 3.31. The first-order valence-corrected chi connectivity index (χ1v) is 4.49. The van der Waals surface area contributed by atoms with E-state index in [-0.39, 0.29) is 10.7 Å². The van der Waals surface area contributed by atoms with Gasteiger partial charge in [0.1, 0.15) is 5.82 Å². The van der Waals surface area contributed by atoms with Crippen molar-refractivity contribution in [3.05, 3.63) is 28.5 Å². The van der Waals surface area contributed by atoms with Gasteiger partial charge in [-0.15, -0.1) is 0 Å². The quantitative estimate of drug-likeness (QED) is 0.658. The minimum atomic E-state index is -0.810. The number of benzene rings is 1. The first kappa shape index (κ1) is 11.2. The van der Waals surface area contributed by atoms with Gasteiger partial charge in [-0.2, -0.15) is 0 Å². The van der Waals surface area contributed by atoms with Crippen LogP contribution in [0.25, 0.3) is 0 Å². The summed E-state index contributed by atoms with van der Waals surface area (Å²) in [6, 6.07) is 1.83. The molecular weight excluding hydrogens is 207 g/mol. The molecule has 0 aliphatic rings. The van der Waals surface area contributed by atoms with Gasteiger partial charge in [0.15, 0.2) is 0 Å². The van der Waals surface area contributed by atoms with Crippen LogP contribution in [0.3, 0.4) is 0 Å². The topological polar surface area (TPSA) is 72.3 Å². The number of anilines is 1. The number of nitrogen functional groups attached to an aromatic ring is 1. The molecule has 3 nitrogen and oxygen atoms in total. The summed E-state index contributed by atoms with van der Waals surface area (Å²) in [5.41, 5.74) is 11.3. The fraction of sp³-hybridized carbons (Fsp3) is 0.333. The summed E-state index contributed by atoms with van der Waals surface area (Å²) < 4.78 is 13.1. The van der Waals surface area contributed by atoms with Gasteiger partial charge in [0.2, 0.25) is 0 Å². The van der Waals surface area contributed by atoms with Gasteiger partial charge < -0.3 is 16.6 Å². The molecule has 0 heterocycles. The summed E-state index contributed by atoms with van der Waals surface area (Å²) in [6.45, 7) is 1.50. The Bertz CT molecular complexity index is 344. The first-order valence-electron chi connectivity index (χ1n) is 4.11. The maximum atomic E-state index is 13.1. The van der Waals surface area contributed by atoms with Crippen molar-refractivity contribution >= 4 is 17.3 Å². The Balaban J connectivity index is 3.20. The Morgan fingerprint density at radius 2 is 2.07 bits per heavy atom. The van der Waals surface area contributed by atoms with Crippen LogP contribution >= 0.6 is 11.6 Å². The number of halogens is 2. The van der Waals surface area contributed by atoms with Crippen molar-refractivity contribution < 1.29 is 9.50 Å². The third-order valence-corrected chi connectivity index (χ3v) is 2.22. The first-order chi connectivity index (χ1) is 6.43. The highest BCUT2D eigenvalue weighted by atomic mass is 35.5. The third kappa shape index (κ3) is 2.15. The second-order valence-electron chi connectivity index (χ2n) is 3.16. The van der Waals surface area contributed by atoms with Crippen molar-refractivity contribution in [3.63, 3.8) is 0 Å². The number of hydrogen-bond donors (Lipinski definition) is 3. The van der Waals surface area contributed by atoms with E-state index in [0.29, 0.717) is 5.56 Å². The lowest BCUT2D eigenvalue weighted by molar-refractivity contribution is 0.164. The van der Waals surface area contributed by atoms with Crippen LogP contribution in [0.15, 0.2) is 12.1 Å². The van der Waals surface area contributed by atoms with Crippen molar-refractivity contribution in [1.82, 2.24) is 0 Å².